The van der Waals surface area contributed by atoms with Gasteiger partial charge in [0.25, 0.3) is 0 Å². The number of benzene rings is 1. The van der Waals surface area contributed by atoms with Crippen LogP contribution in [0.2, 0.25) is 0 Å². The molecule has 0 fully saturated rings. The van der Waals surface area contributed by atoms with Gasteiger partial charge in [-0.05, 0) is 24.2 Å². The van der Waals surface area contributed by atoms with E-state index < -0.39 is 0 Å². The highest BCUT2D eigenvalue weighted by Gasteiger charge is 2.10. The molecule has 0 aliphatic heterocycles. The third-order valence-electron chi connectivity index (χ3n) is 2.45. The quantitative estimate of drug-likeness (QED) is 0.921. The molecule has 0 saturated carbocycles. The summed E-state index contributed by atoms with van der Waals surface area (Å²) in [6.07, 6.45) is 1.74. The zero-order valence-corrected chi connectivity index (χ0v) is 10.8. The van der Waals surface area contributed by atoms with Crippen LogP contribution in [0.1, 0.15) is 12.7 Å². The molecule has 84 valence electrons. The van der Waals surface area contributed by atoms with E-state index >= 15 is 0 Å². The van der Waals surface area contributed by atoms with Crippen LogP contribution in [0.25, 0.3) is 11.1 Å². The molecule has 0 aliphatic carbocycles. The first-order chi connectivity index (χ1) is 7.83. The molecule has 0 amide bonds. The third-order valence-corrected chi connectivity index (χ3v) is 3.14. The maximum Gasteiger partial charge on any atom is 0.125 e. The zero-order chi connectivity index (χ0) is 11.4. The Morgan fingerprint density at radius 2 is 2.00 bits per heavy atom. The number of halogens is 1. The highest BCUT2D eigenvalue weighted by Crippen LogP contribution is 2.31. The molecule has 1 N–H and O–H groups in total. The molecule has 1 heterocycles. The van der Waals surface area contributed by atoms with Crippen LogP contribution in [0.5, 0.6) is 0 Å². The molecule has 1 aromatic heterocycles. The van der Waals surface area contributed by atoms with Crippen molar-refractivity contribution in [3.05, 3.63) is 46.8 Å². The van der Waals surface area contributed by atoms with Gasteiger partial charge in [0.2, 0.25) is 0 Å². The maximum atomic E-state index is 5.49. The van der Waals surface area contributed by atoms with E-state index in [2.05, 4.69) is 34.2 Å². The van der Waals surface area contributed by atoms with Crippen molar-refractivity contribution in [3.8, 4) is 11.1 Å². The second kappa shape index (κ2) is 5.32. The number of rotatable bonds is 4. The monoisotopic (exact) mass is 279 g/mol. The van der Waals surface area contributed by atoms with Crippen molar-refractivity contribution in [1.82, 2.24) is 5.32 Å². The Bertz CT molecular complexity index is 464. The van der Waals surface area contributed by atoms with E-state index in [9.17, 15) is 0 Å². The summed E-state index contributed by atoms with van der Waals surface area (Å²) in [7, 11) is 0. The summed E-state index contributed by atoms with van der Waals surface area (Å²) in [6, 6.07) is 10.2. The average Bonchev–Trinajstić information content (AvgIpc) is 2.75. The lowest BCUT2D eigenvalue weighted by Gasteiger charge is -2.05. The van der Waals surface area contributed by atoms with Gasteiger partial charge in [-0.3, -0.25) is 0 Å². The Balaban J connectivity index is 2.33. The summed E-state index contributed by atoms with van der Waals surface area (Å²) in [6.45, 7) is 3.79. The molecule has 0 bridgehead atoms. The summed E-state index contributed by atoms with van der Waals surface area (Å²) in [4.78, 5) is 0. The smallest absolute Gasteiger partial charge is 0.125 e. The predicted octanol–water partition coefficient (Wildman–Crippen LogP) is 3.82. The van der Waals surface area contributed by atoms with Crippen molar-refractivity contribution >= 4 is 15.9 Å². The predicted molar refractivity (Wildman–Crippen MR) is 69.2 cm³/mol. The fraction of sp³-hybridized carbons (Fsp3) is 0.231. The van der Waals surface area contributed by atoms with Crippen molar-refractivity contribution in [3.63, 3.8) is 0 Å². The van der Waals surface area contributed by atoms with Gasteiger partial charge >= 0.3 is 0 Å². The number of hydrogen-bond donors (Lipinski definition) is 1. The summed E-state index contributed by atoms with van der Waals surface area (Å²) in [5.41, 5.74) is 2.32. The molecule has 0 unspecified atom stereocenters. The average molecular weight is 280 g/mol. The van der Waals surface area contributed by atoms with Crippen LogP contribution in [0.3, 0.4) is 0 Å². The van der Waals surface area contributed by atoms with Crippen molar-refractivity contribution in [2.75, 3.05) is 6.54 Å². The van der Waals surface area contributed by atoms with Gasteiger partial charge in [0, 0.05) is 10.0 Å². The van der Waals surface area contributed by atoms with Crippen LogP contribution in [-0.4, -0.2) is 6.54 Å². The highest BCUT2D eigenvalue weighted by molar-refractivity contribution is 9.10. The molecule has 0 radical (unpaired) electrons. The summed E-state index contributed by atoms with van der Waals surface area (Å²) < 4.78 is 6.58. The number of furan rings is 1. The van der Waals surface area contributed by atoms with Gasteiger partial charge < -0.3 is 9.73 Å². The lowest BCUT2D eigenvalue weighted by Crippen LogP contribution is -2.11. The van der Waals surface area contributed by atoms with E-state index in [1.807, 2.05) is 24.3 Å². The second-order valence-corrected chi connectivity index (χ2v) is 4.37. The van der Waals surface area contributed by atoms with Crippen molar-refractivity contribution in [1.29, 1.82) is 0 Å². The minimum Gasteiger partial charge on any atom is -0.467 e. The molecule has 3 heteroatoms. The Kier molecular flexibility index (Phi) is 3.80. The van der Waals surface area contributed by atoms with E-state index in [0.29, 0.717) is 0 Å². The van der Waals surface area contributed by atoms with Crippen LogP contribution in [0, 0.1) is 0 Å². The fourth-order valence-corrected chi connectivity index (χ4v) is 2.13. The van der Waals surface area contributed by atoms with Gasteiger partial charge in [-0.15, -0.1) is 0 Å². The Morgan fingerprint density at radius 3 is 2.75 bits per heavy atom. The Morgan fingerprint density at radius 1 is 1.19 bits per heavy atom. The van der Waals surface area contributed by atoms with E-state index in [4.69, 9.17) is 4.42 Å². The molecule has 0 saturated heterocycles. The number of hydrogen-bond acceptors (Lipinski definition) is 2. The van der Waals surface area contributed by atoms with Crippen LogP contribution >= 0.6 is 15.9 Å². The van der Waals surface area contributed by atoms with E-state index in [1.165, 1.54) is 5.56 Å². The van der Waals surface area contributed by atoms with Gasteiger partial charge in [0.15, 0.2) is 0 Å². The van der Waals surface area contributed by atoms with Gasteiger partial charge in [-0.1, -0.05) is 41.1 Å². The van der Waals surface area contributed by atoms with Crippen LogP contribution in [0.4, 0.5) is 0 Å². The second-order valence-electron chi connectivity index (χ2n) is 3.52. The Labute approximate surface area is 104 Å². The highest BCUT2D eigenvalue weighted by atomic mass is 79.9. The van der Waals surface area contributed by atoms with E-state index in [-0.39, 0.29) is 0 Å². The normalized spacial score (nSPS) is 10.6. The summed E-state index contributed by atoms with van der Waals surface area (Å²) in [5.74, 6) is 0.980. The molecule has 2 nitrogen and oxygen atoms in total. The topological polar surface area (TPSA) is 25.2 Å². The van der Waals surface area contributed by atoms with Crippen molar-refractivity contribution in [2.45, 2.75) is 13.5 Å². The first-order valence-electron chi connectivity index (χ1n) is 5.35. The molecular weight excluding hydrogens is 266 g/mol. The van der Waals surface area contributed by atoms with Gasteiger partial charge in [0.1, 0.15) is 5.76 Å². The third kappa shape index (κ3) is 2.36. The van der Waals surface area contributed by atoms with Crippen LogP contribution < -0.4 is 5.32 Å². The molecule has 16 heavy (non-hydrogen) atoms. The van der Waals surface area contributed by atoms with Crippen LogP contribution in [-0.2, 0) is 6.54 Å². The summed E-state index contributed by atoms with van der Waals surface area (Å²) in [5, 5.41) is 3.27. The van der Waals surface area contributed by atoms with Gasteiger partial charge in [-0.2, -0.15) is 0 Å². The molecule has 0 atom stereocenters. The largest absolute Gasteiger partial charge is 0.467 e. The van der Waals surface area contributed by atoms with E-state index in [1.54, 1.807) is 6.26 Å². The molecule has 2 rings (SSSR count). The van der Waals surface area contributed by atoms with Crippen molar-refractivity contribution in [2.24, 2.45) is 0 Å². The first-order valence-corrected chi connectivity index (χ1v) is 6.14. The lowest BCUT2D eigenvalue weighted by molar-refractivity contribution is 0.489. The Hall–Kier alpha value is -1.06. The fourth-order valence-electron chi connectivity index (χ4n) is 1.64. The SMILES string of the molecule is CCNCc1occc1-c1ccccc1Br. The maximum absolute atomic E-state index is 5.49. The minimum absolute atomic E-state index is 0.764. The molecule has 0 spiro atoms. The first kappa shape index (κ1) is 11.4. The van der Waals surface area contributed by atoms with E-state index in [0.717, 1.165) is 28.9 Å². The standard InChI is InChI=1S/C13H14BrNO/c1-2-15-9-13-11(7-8-16-13)10-5-3-4-6-12(10)14/h3-8,15H,2,9H2,1H3. The van der Waals surface area contributed by atoms with Crippen molar-refractivity contribution < 1.29 is 4.42 Å². The molecular formula is C13H14BrNO. The lowest BCUT2D eigenvalue weighted by atomic mass is 10.1. The minimum atomic E-state index is 0.764. The van der Waals surface area contributed by atoms with Gasteiger partial charge in [0.05, 0.1) is 12.8 Å². The molecule has 2 aromatic rings. The van der Waals surface area contributed by atoms with Gasteiger partial charge in [-0.25, -0.2) is 0 Å². The zero-order valence-electron chi connectivity index (χ0n) is 9.16. The van der Waals surface area contributed by atoms with Crippen LogP contribution in [0.15, 0.2) is 45.5 Å². The molecule has 0 aliphatic rings. The molecule has 1 aromatic carbocycles. The number of nitrogens with one attached hydrogen (secondary N) is 1. The summed E-state index contributed by atoms with van der Waals surface area (Å²) >= 11 is 3.56.